The zero-order chi connectivity index (χ0) is 18.6. The van der Waals surface area contributed by atoms with Crippen molar-refractivity contribution in [2.75, 3.05) is 13.1 Å². The smallest absolute Gasteiger partial charge is 0.224 e. The Balaban J connectivity index is 1.46. The van der Waals surface area contributed by atoms with Gasteiger partial charge in [-0.05, 0) is 43.9 Å². The van der Waals surface area contributed by atoms with Gasteiger partial charge in [0.2, 0.25) is 5.91 Å². The maximum absolute atomic E-state index is 13.0. The third kappa shape index (κ3) is 3.93. The molecule has 4 rings (SSSR count). The van der Waals surface area contributed by atoms with Crippen LogP contribution in [0.3, 0.4) is 0 Å². The molecule has 2 aromatic carbocycles. The summed E-state index contributed by atoms with van der Waals surface area (Å²) >= 11 is 0. The van der Waals surface area contributed by atoms with Crippen LogP contribution in [0.2, 0.25) is 0 Å². The normalized spacial score (nSPS) is 25.3. The van der Waals surface area contributed by atoms with Gasteiger partial charge in [-0.2, -0.15) is 0 Å². The number of hydrogen-bond acceptors (Lipinski definition) is 2. The van der Waals surface area contributed by atoms with Gasteiger partial charge in [0.25, 0.3) is 0 Å². The second-order valence-corrected chi connectivity index (χ2v) is 8.09. The Morgan fingerprint density at radius 1 is 1.04 bits per heavy atom. The SMILES string of the molecule is C[C@@H]1[C@H](C(=O)NCC(c2ccccc2)c2ccccc2)C[C@H]2CCCCN21. The number of nitrogens with one attached hydrogen (secondary N) is 1. The molecule has 0 spiro atoms. The number of nitrogens with zero attached hydrogens (tertiary/aromatic N) is 1. The van der Waals surface area contributed by atoms with E-state index in [1.54, 1.807) is 0 Å². The fourth-order valence-corrected chi connectivity index (χ4v) is 4.99. The van der Waals surface area contributed by atoms with Gasteiger partial charge in [0.1, 0.15) is 0 Å². The average molecular weight is 363 g/mol. The molecule has 2 heterocycles. The summed E-state index contributed by atoms with van der Waals surface area (Å²) in [6.45, 7) is 4.05. The molecule has 1 amide bonds. The number of benzene rings is 2. The standard InChI is InChI=1S/C24H30N2O/c1-18-22(16-21-14-8-9-15-26(18)21)24(27)25-17-23(19-10-4-2-5-11-19)20-12-6-3-7-13-20/h2-7,10-13,18,21-23H,8-9,14-17H2,1H3,(H,25,27)/t18-,21-,22-/m1/s1. The van der Waals surface area contributed by atoms with Gasteiger partial charge in [-0.15, -0.1) is 0 Å². The first-order chi connectivity index (χ1) is 13.2. The summed E-state index contributed by atoms with van der Waals surface area (Å²) in [6, 6.07) is 22.0. The molecule has 3 heteroatoms. The van der Waals surface area contributed by atoms with Crippen LogP contribution in [0.4, 0.5) is 0 Å². The Kier molecular flexibility index (Phi) is 5.58. The summed E-state index contributed by atoms with van der Waals surface area (Å²) in [4.78, 5) is 15.6. The van der Waals surface area contributed by atoms with Crippen LogP contribution in [0.15, 0.2) is 60.7 Å². The fourth-order valence-electron chi connectivity index (χ4n) is 4.99. The molecule has 142 valence electrons. The molecule has 2 aromatic rings. The second-order valence-electron chi connectivity index (χ2n) is 8.09. The highest BCUT2D eigenvalue weighted by Crippen LogP contribution is 2.35. The van der Waals surface area contributed by atoms with E-state index in [9.17, 15) is 4.79 Å². The van der Waals surface area contributed by atoms with Gasteiger partial charge in [0.15, 0.2) is 0 Å². The molecule has 3 atom stereocenters. The third-order valence-corrected chi connectivity index (χ3v) is 6.53. The highest BCUT2D eigenvalue weighted by molar-refractivity contribution is 5.80. The number of piperidine rings is 1. The summed E-state index contributed by atoms with van der Waals surface area (Å²) < 4.78 is 0. The van der Waals surface area contributed by atoms with Gasteiger partial charge in [0, 0.05) is 24.5 Å². The molecule has 0 bridgehead atoms. The van der Waals surface area contributed by atoms with Gasteiger partial charge in [-0.3, -0.25) is 9.69 Å². The van der Waals surface area contributed by atoms with Crippen molar-refractivity contribution in [3.05, 3.63) is 71.8 Å². The fraction of sp³-hybridized carbons (Fsp3) is 0.458. The Labute approximate surface area is 162 Å². The number of carbonyl (C=O) groups excluding carboxylic acids is 1. The minimum atomic E-state index is 0.125. The Morgan fingerprint density at radius 3 is 2.26 bits per heavy atom. The zero-order valence-electron chi connectivity index (χ0n) is 16.2. The number of carbonyl (C=O) groups is 1. The summed E-state index contributed by atoms with van der Waals surface area (Å²) in [5.41, 5.74) is 2.50. The predicted octanol–water partition coefficient (Wildman–Crippen LogP) is 4.20. The first kappa shape index (κ1) is 18.2. The molecular weight excluding hydrogens is 332 g/mol. The Hall–Kier alpha value is -2.13. The largest absolute Gasteiger partial charge is 0.355 e. The van der Waals surface area contributed by atoms with Gasteiger partial charge in [0.05, 0.1) is 5.92 Å². The third-order valence-electron chi connectivity index (χ3n) is 6.53. The average Bonchev–Trinajstić information content (AvgIpc) is 3.07. The maximum Gasteiger partial charge on any atom is 0.224 e. The van der Waals surface area contributed by atoms with Crippen molar-refractivity contribution in [3.8, 4) is 0 Å². The summed E-state index contributed by atoms with van der Waals surface area (Å²) in [5, 5.41) is 3.30. The molecule has 0 saturated carbocycles. The van der Waals surface area contributed by atoms with E-state index in [1.165, 1.54) is 30.4 Å². The number of amides is 1. The first-order valence-corrected chi connectivity index (χ1v) is 10.4. The molecule has 27 heavy (non-hydrogen) atoms. The van der Waals surface area contributed by atoms with E-state index in [1.807, 2.05) is 12.1 Å². The highest BCUT2D eigenvalue weighted by atomic mass is 16.2. The van der Waals surface area contributed by atoms with E-state index in [0.29, 0.717) is 18.6 Å². The van der Waals surface area contributed by atoms with E-state index >= 15 is 0 Å². The predicted molar refractivity (Wildman–Crippen MR) is 110 cm³/mol. The quantitative estimate of drug-likeness (QED) is 0.865. The van der Waals surface area contributed by atoms with Crippen molar-refractivity contribution in [1.29, 1.82) is 0 Å². The lowest BCUT2D eigenvalue weighted by molar-refractivity contribution is -0.125. The van der Waals surface area contributed by atoms with Crippen LogP contribution in [0.5, 0.6) is 0 Å². The topological polar surface area (TPSA) is 32.3 Å². The minimum absolute atomic E-state index is 0.125. The molecule has 0 aliphatic carbocycles. The Morgan fingerprint density at radius 2 is 1.67 bits per heavy atom. The number of hydrogen-bond donors (Lipinski definition) is 1. The molecule has 2 saturated heterocycles. The lowest BCUT2D eigenvalue weighted by Crippen LogP contribution is -2.42. The van der Waals surface area contributed by atoms with Crippen molar-refractivity contribution in [3.63, 3.8) is 0 Å². The van der Waals surface area contributed by atoms with Gasteiger partial charge < -0.3 is 5.32 Å². The van der Waals surface area contributed by atoms with E-state index in [2.05, 4.69) is 65.7 Å². The van der Waals surface area contributed by atoms with Crippen LogP contribution in [0.25, 0.3) is 0 Å². The van der Waals surface area contributed by atoms with Crippen molar-refractivity contribution in [1.82, 2.24) is 10.2 Å². The van der Waals surface area contributed by atoms with Gasteiger partial charge in [-0.1, -0.05) is 67.1 Å². The van der Waals surface area contributed by atoms with E-state index in [0.717, 1.165) is 13.0 Å². The summed E-state index contributed by atoms with van der Waals surface area (Å²) in [5.74, 6) is 0.546. The second kappa shape index (κ2) is 8.26. The Bertz CT molecular complexity index is 706. The number of rotatable bonds is 5. The lowest BCUT2D eigenvalue weighted by atomic mass is 9.90. The van der Waals surface area contributed by atoms with Crippen LogP contribution in [-0.2, 0) is 4.79 Å². The van der Waals surface area contributed by atoms with E-state index in [4.69, 9.17) is 0 Å². The monoisotopic (exact) mass is 362 g/mol. The van der Waals surface area contributed by atoms with Crippen LogP contribution < -0.4 is 5.32 Å². The van der Waals surface area contributed by atoms with E-state index in [-0.39, 0.29) is 17.7 Å². The van der Waals surface area contributed by atoms with Crippen LogP contribution >= 0.6 is 0 Å². The molecule has 0 radical (unpaired) electrons. The van der Waals surface area contributed by atoms with Crippen molar-refractivity contribution in [2.45, 2.75) is 50.6 Å². The number of fused-ring (bicyclic) bond motifs is 1. The zero-order valence-corrected chi connectivity index (χ0v) is 16.2. The van der Waals surface area contributed by atoms with Crippen molar-refractivity contribution < 1.29 is 4.79 Å². The molecule has 0 aromatic heterocycles. The molecule has 0 unspecified atom stereocenters. The van der Waals surface area contributed by atoms with Crippen LogP contribution in [-0.4, -0.2) is 36.0 Å². The van der Waals surface area contributed by atoms with Gasteiger partial charge in [-0.25, -0.2) is 0 Å². The molecule has 3 nitrogen and oxygen atoms in total. The van der Waals surface area contributed by atoms with Crippen molar-refractivity contribution >= 4 is 5.91 Å². The minimum Gasteiger partial charge on any atom is -0.355 e. The van der Waals surface area contributed by atoms with Crippen LogP contribution in [0.1, 0.15) is 49.7 Å². The molecule has 2 aliphatic heterocycles. The highest BCUT2D eigenvalue weighted by Gasteiger charge is 2.42. The van der Waals surface area contributed by atoms with E-state index < -0.39 is 0 Å². The van der Waals surface area contributed by atoms with Crippen LogP contribution in [0, 0.1) is 5.92 Å². The summed E-state index contributed by atoms with van der Waals surface area (Å²) in [6.07, 6.45) is 4.87. The van der Waals surface area contributed by atoms with Gasteiger partial charge >= 0.3 is 0 Å². The molecule has 2 aliphatic rings. The van der Waals surface area contributed by atoms with Crippen molar-refractivity contribution in [2.24, 2.45) is 5.92 Å². The molecule has 2 fully saturated rings. The summed E-state index contributed by atoms with van der Waals surface area (Å²) in [7, 11) is 0. The first-order valence-electron chi connectivity index (χ1n) is 10.4. The maximum atomic E-state index is 13.0. The molecule has 1 N–H and O–H groups in total. The molecular formula is C24H30N2O. The lowest BCUT2D eigenvalue weighted by Gasteiger charge is -2.32.